The summed E-state index contributed by atoms with van der Waals surface area (Å²) in [5.41, 5.74) is 7.52. The number of hydrogen-bond donors (Lipinski definition) is 1. The fraction of sp³-hybridized carbons (Fsp3) is 0.0769. The zero-order chi connectivity index (χ0) is 12.3. The van der Waals surface area contributed by atoms with E-state index in [4.69, 9.17) is 5.73 Å². The van der Waals surface area contributed by atoms with Crippen molar-refractivity contribution in [2.75, 3.05) is 6.26 Å². The van der Waals surface area contributed by atoms with E-state index < -0.39 is 5.91 Å². The summed E-state index contributed by atoms with van der Waals surface area (Å²) < 4.78 is 0. The predicted molar refractivity (Wildman–Crippen MR) is 70.0 cm³/mol. The first kappa shape index (κ1) is 11.7. The maximum atomic E-state index is 11.1. The van der Waals surface area contributed by atoms with Gasteiger partial charge in [-0.3, -0.25) is 9.78 Å². The van der Waals surface area contributed by atoms with Gasteiger partial charge in [-0.05, 0) is 24.5 Å². The minimum absolute atomic E-state index is 0.435. The highest BCUT2D eigenvalue weighted by Gasteiger charge is 2.07. The number of amides is 1. The Hall–Kier alpha value is -1.81. The van der Waals surface area contributed by atoms with Crippen molar-refractivity contribution in [3.63, 3.8) is 0 Å². The Balaban J connectivity index is 2.52. The largest absolute Gasteiger partial charge is 0.366 e. The summed E-state index contributed by atoms with van der Waals surface area (Å²) in [6.45, 7) is 0. The van der Waals surface area contributed by atoms with E-state index in [2.05, 4.69) is 4.98 Å². The van der Waals surface area contributed by atoms with E-state index in [0.29, 0.717) is 5.56 Å². The van der Waals surface area contributed by atoms with Crippen molar-refractivity contribution >= 4 is 17.7 Å². The van der Waals surface area contributed by atoms with E-state index in [1.165, 1.54) is 0 Å². The molecule has 2 N–H and O–H groups in total. The number of thioether (sulfide) groups is 1. The number of rotatable bonds is 3. The first-order valence-corrected chi connectivity index (χ1v) is 6.34. The Morgan fingerprint density at radius 3 is 2.76 bits per heavy atom. The molecule has 1 amide bonds. The zero-order valence-electron chi connectivity index (χ0n) is 9.38. The van der Waals surface area contributed by atoms with Crippen molar-refractivity contribution in [1.29, 1.82) is 0 Å². The van der Waals surface area contributed by atoms with Gasteiger partial charge in [0.25, 0.3) is 0 Å². The second-order valence-corrected chi connectivity index (χ2v) is 4.34. The van der Waals surface area contributed by atoms with E-state index in [1.54, 1.807) is 30.1 Å². The normalized spacial score (nSPS) is 10.2. The van der Waals surface area contributed by atoms with Gasteiger partial charge in [0.2, 0.25) is 5.91 Å². The van der Waals surface area contributed by atoms with E-state index in [1.807, 2.05) is 30.5 Å². The van der Waals surface area contributed by atoms with Crippen LogP contribution in [0.15, 0.2) is 47.5 Å². The molecule has 86 valence electrons. The molecular formula is C13H12N2OS. The smallest absolute Gasteiger partial charge is 0.248 e. The molecule has 0 fully saturated rings. The van der Waals surface area contributed by atoms with Crippen LogP contribution < -0.4 is 5.73 Å². The Kier molecular flexibility index (Phi) is 3.44. The molecule has 1 heterocycles. The highest BCUT2D eigenvalue weighted by molar-refractivity contribution is 7.98. The van der Waals surface area contributed by atoms with E-state index >= 15 is 0 Å². The molecule has 0 radical (unpaired) electrons. The summed E-state index contributed by atoms with van der Waals surface area (Å²) in [4.78, 5) is 16.5. The lowest BCUT2D eigenvalue weighted by atomic mass is 10.1. The van der Waals surface area contributed by atoms with Gasteiger partial charge < -0.3 is 5.73 Å². The molecule has 1 aromatic carbocycles. The summed E-state index contributed by atoms with van der Waals surface area (Å²) >= 11 is 1.65. The molecule has 0 aliphatic rings. The SMILES string of the molecule is CSc1ccccc1-c1cc(C(N)=O)ccn1. The zero-order valence-corrected chi connectivity index (χ0v) is 10.2. The first-order valence-electron chi connectivity index (χ1n) is 5.11. The Labute approximate surface area is 104 Å². The molecule has 2 aromatic rings. The van der Waals surface area contributed by atoms with Gasteiger partial charge in [0, 0.05) is 22.2 Å². The molecule has 0 bridgehead atoms. The van der Waals surface area contributed by atoms with Crippen molar-refractivity contribution < 1.29 is 4.79 Å². The number of pyridine rings is 1. The van der Waals surface area contributed by atoms with Gasteiger partial charge in [-0.2, -0.15) is 0 Å². The molecule has 0 saturated carbocycles. The number of benzene rings is 1. The van der Waals surface area contributed by atoms with Crippen LogP contribution in [0.1, 0.15) is 10.4 Å². The first-order chi connectivity index (χ1) is 8.22. The van der Waals surface area contributed by atoms with Crippen molar-refractivity contribution in [1.82, 2.24) is 4.98 Å². The summed E-state index contributed by atoms with van der Waals surface area (Å²) in [6, 6.07) is 11.3. The maximum absolute atomic E-state index is 11.1. The van der Waals surface area contributed by atoms with Crippen LogP contribution in [-0.4, -0.2) is 17.1 Å². The van der Waals surface area contributed by atoms with E-state index in [9.17, 15) is 4.79 Å². The van der Waals surface area contributed by atoms with Crippen LogP contribution in [0.2, 0.25) is 0 Å². The van der Waals surface area contributed by atoms with Crippen LogP contribution in [0.4, 0.5) is 0 Å². The molecule has 2 rings (SSSR count). The highest BCUT2D eigenvalue weighted by atomic mass is 32.2. The van der Waals surface area contributed by atoms with Crippen molar-refractivity contribution in [3.05, 3.63) is 48.2 Å². The molecule has 0 saturated heterocycles. The minimum Gasteiger partial charge on any atom is -0.366 e. The number of aromatic nitrogens is 1. The number of carbonyl (C=O) groups excluding carboxylic acids is 1. The van der Waals surface area contributed by atoms with Gasteiger partial charge >= 0.3 is 0 Å². The van der Waals surface area contributed by atoms with Gasteiger partial charge in [0.05, 0.1) is 5.69 Å². The molecule has 0 atom stereocenters. The predicted octanol–water partition coefficient (Wildman–Crippen LogP) is 2.57. The summed E-state index contributed by atoms with van der Waals surface area (Å²) in [5, 5.41) is 0. The molecular weight excluding hydrogens is 232 g/mol. The van der Waals surface area contributed by atoms with E-state index in [0.717, 1.165) is 16.2 Å². The maximum Gasteiger partial charge on any atom is 0.248 e. The quantitative estimate of drug-likeness (QED) is 0.844. The summed E-state index contributed by atoms with van der Waals surface area (Å²) in [5.74, 6) is -0.435. The van der Waals surface area contributed by atoms with Gasteiger partial charge in [0.15, 0.2) is 0 Å². The van der Waals surface area contributed by atoms with Crippen LogP contribution in [0.5, 0.6) is 0 Å². The monoisotopic (exact) mass is 244 g/mol. The molecule has 0 aliphatic carbocycles. The third-order valence-electron chi connectivity index (χ3n) is 2.43. The topological polar surface area (TPSA) is 56.0 Å². The number of primary amides is 1. The molecule has 3 nitrogen and oxygen atoms in total. The number of nitrogens with zero attached hydrogens (tertiary/aromatic N) is 1. The number of nitrogens with two attached hydrogens (primary N) is 1. The van der Waals surface area contributed by atoms with Crippen LogP contribution in [0, 0.1) is 0 Å². The minimum atomic E-state index is -0.435. The van der Waals surface area contributed by atoms with E-state index in [-0.39, 0.29) is 0 Å². The Morgan fingerprint density at radius 2 is 2.06 bits per heavy atom. The van der Waals surface area contributed by atoms with Gasteiger partial charge in [-0.1, -0.05) is 18.2 Å². The lowest BCUT2D eigenvalue weighted by Gasteiger charge is -2.06. The average Bonchev–Trinajstić information content (AvgIpc) is 2.39. The number of hydrogen-bond acceptors (Lipinski definition) is 3. The second kappa shape index (κ2) is 5.01. The Bertz CT molecular complexity index is 555. The lowest BCUT2D eigenvalue weighted by Crippen LogP contribution is -2.11. The molecule has 0 spiro atoms. The molecule has 4 heteroatoms. The van der Waals surface area contributed by atoms with Crippen LogP contribution >= 0.6 is 11.8 Å². The molecule has 17 heavy (non-hydrogen) atoms. The highest BCUT2D eigenvalue weighted by Crippen LogP contribution is 2.28. The fourth-order valence-electron chi connectivity index (χ4n) is 1.59. The average molecular weight is 244 g/mol. The standard InChI is InChI=1S/C13H12N2OS/c1-17-12-5-3-2-4-10(12)11-8-9(13(14)16)6-7-15-11/h2-8H,1H3,(H2,14,16). The molecule has 0 aliphatic heterocycles. The fourth-order valence-corrected chi connectivity index (χ4v) is 2.19. The van der Waals surface area contributed by atoms with Crippen molar-refractivity contribution in [2.45, 2.75) is 4.90 Å². The van der Waals surface area contributed by atoms with Crippen molar-refractivity contribution in [2.24, 2.45) is 5.73 Å². The van der Waals surface area contributed by atoms with Crippen LogP contribution in [0.3, 0.4) is 0 Å². The molecule has 1 aromatic heterocycles. The van der Waals surface area contributed by atoms with Gasteiger partial charge in [0.1, 0.15) is 0 Å². The van der Waals surface area contributed by atoms with Crippen LogP contribution in [-0.2, 0) is 0 Å². The summed E-state index contributed by atoms with van der Waals surface area (Å²) in [7, 11) is 0. The van der Waals surface area contributed by atoms with Gasteiger partial charge in [-0.15, -0.1) is 11.8 Å². The number of carbonyl (C=O) groups is 1. The second-order valence-electron chi connectivity index (χ2n) is 3.49. The third kappa shape index (κ3) is 2.47. The Morgan fingerprint density at radius 1 is 1.29 bits per heavy atom. The molecule has 0 unspecified atom stereocenters. The summed E-state index contributed by atoms with van der Waals surface area (Å²) in [6.07, 6.45) is 3.61. The van der Waals surface area contributed by atoms with Crippen molar-refractivity contribution in [3.8, 4) is 11.3 Å². The van der Waals surface area contributed by atoms with Gasteiger partial charge in [-0.25, -0.2) is 0 Å². The van der Waals surface area contributed by atoms with Crippen LogP contribution in [0.25, 0.3) is 11.3 Å². The third-order valence-corrected chi connectivity index (χ3v) is 3.22. The lowest BCUT2D eigenvalue weighted by molar-refractivity contribution is 0.1000.